The molecular formula is C30H28FN7O5S. The molecule has 0 unspecified atom stereocenters. The highest BCUT2D eigenvalue weighted by Gasteiger charge is 2.40. The molecule has 44 heavy (non-hydrogen) atoms. The molecule has 14 heteroatoms. The number of amides is 2. The summed E-state index contributed by atoms with van der Waals surface area (Å²) < 4.78 is 41.5. The van der Waals surface area contributed by atoms with Gasteiger partial charge in [0.2, 0.25) is 11.8 Å². The van der Waals surface area contributed by atoms with E-state index in [2.05, 4.69) is 20.5 Å². The third-order valence-electron chi connectivity index (χ3n) is 7.54. The second kappa shape index (κ2) is 10.9. The number of hydrogen-bond donors (Lipinski definition) is 1. The van der Waals surface area contributed by atoms with Gasteiger partial charge < -0.3 is 10.2 Å². The van der Waals surface area contributed by atoms with E-state index in [1.807, 2.05) is 25.3 Å². The normalized spacial score (nSPS) is 17.0. The monoisotopic (exact) mass is 617 g/mol. The molecule has 0 bridgehead atoms. The Bertz CT molecular complexity index is 2090. The van der Waals surface area contributed by atoms with Crippen LogP contribution in [0, 0.1) is 6.92 Å². The molecule has 1 N–H and O–H groups in total. The van der Waals surface area contributed by atoms with Crippen LogP contribution in [0.25, 0.3) is 27.7 Å². The predicted octanol–water partition coefficient (Wildman–Crippen LogP) is 3.24. The molecule has 5 aromatic rings. The standard InChI is InChI=1S/C30H28FN7O5S/c1-17-9-27-32-13-20(14-38(27)34-17)19-7-8-25-24(10-19)29(18(2)39)35-37(25)16-28(40)36-15-21(31)11-26(36)30(41)33-22-5-4-6-23(12-22)44(3,42)43/h4-10,12-14,21,26H,11,15-16H2,1-3H3,(H,33,41)/t21-,26+/m1/s1. The average Bonchev–Trinajstić information content (AvgIpc) is 3.66. The second-order valence-electron chi connectivity index (χ2n) is 10.9. The zero-order valence-electron chi connectivity index (χ0n) is 24.1. The molecular weight excluding hydrogens is 589 g/mol. The van der Waals surface area contributed by atoms with Crippen LogP contribution in [-0.4, -0.2) is 80.3 Å². The Balaban J connectivity index is 1.26. The van der Waals surface area contributed by atoms with Crippen molar-refractivity contribution in [3.8, 4) is 11.1 Å². The summed E-state index contributed by atoms with van der Waals surface area (Å²) in [5.74, 6) is -1.49. The number of halogens is 1. The Morgan fingerprint density at radius 3 is 2.61 bits per heavy atom. The zero-order valence-corrected chi connectivity index (χ0v) is 24.9. The SMILES string of the molecule is CC(=O)c1nn(CC(=O)N2C[C@H](F)C[C@H]2C(=O)Nc2cccc(S(C)(=O)=O)c2)c2ccc(-c3cnc4cc(C)nn4c3)cc12. The Hall–Kier alpha value is -4.98. The maximum atomic E-state index is 14.6. The Kier molecular flexibility index (Phi) is 7.24. The summed E-state index contributed by atoms with van der Waals surface area (Å²) in [5.41, 5.74) is 3.97. The number of likely N-dealkylation sites (tertiary alicyclic amines) is 1. The van der Waals surface area contributed by atoms with Crippen molar-refractivity contribution in [1.82, 2.24) is 29.3 Å². The number of nitrogens with zero attached hydrogens (tertiary/aromatic N) is 6. The molecule has 4 heterocycles. The number of Topliss-reactive ketones (excluding diaryl/α,β-unsaturated/α-hetero) is 1. The fourth-order valence-corrected chi connectivity index (χ4v) is 6.11. The van der Waals surface area contributed by atoms with Crippen molar-refractivity contribution in [1.29, 1.82) is 0 Å². The molecule has 0 saturated carbocycles. The number of rotatable bonds is 7. The number of carbonyl (C=O) groups excluding carboxylic acids is 3. The fraction of sp³-hybridized carbons (Fsp3) is 0.267. The largest absolute Gasteiger partial charge is 0.326 e. The van der Waals surface area contributed by atoms with Gasteiger partial charge in [-0.2, -0.15) is 10.2 Å². The topological polar surface area (TPSA) is 149 Å². The zero-order chi connectivity index (χ0) is 31.3. The first kappa shape index (κ1) is 29.1. The lowest BCUT2D eigenvalue weighted by molar-refractivity contribution is -0.137. The van der Waals surface area contributed by atoms with Crippen LogP contribution in [0.2, 0.25) is 0 Å². The summed E-state index contributed by atoms with van der Waals surface area (Å²) in [5, 5.41) is 12.0. The highest BCUT2D eigenvalue weighted by molar-refractivity contribution is 7.90. The quantitative estimate of drug-likeness (QED) is 0.274. The molecule has 3 aromatic heterocycles. The van der Waals surface area contributed by atoms with Gasteiger partial charge in [0.25, 0.3) is 0 Å². The Morgan fingerprint density at radius 1 is 1.07 bits per heavy atom. The molecule has 226 valence electrons. The number of ketones is 1. The summed E-state index contributed by atoms with van der Waals surface area (Å²) in [6.07, 6.45) is 2.96. The van der Waals surface area contributed by atoms with Crippen LogP contribution in [0.15, 0.2) is 65.8 Å². The number of sulfone groups is 1. The van der Waals surface area contributed by atoms with Crippen molar-refractivity contribution in [3.05, 3.63) is 72.3 Å². The van der Waals surface area contributed by atoms with Crippen LogP contribution < -0.4 is 5.32 Å². The van der Waals surface area contributed by atoms with E-state index < -0.39 is 33.9 Å². The molecule has 2 atom stereocenters. The number of aromatic nitrogens is 5. The van der Waals surface area contributed by atoms with Gasteiger partial charge in [0, 0.05) is 54.7 Å². The van der Waals surface area contributed by atoms with Gasteiger partial charge in [0.15, 0.2) is 21.3 Å². The van der Waals surface area contributed by atoms with Crippen LogP contribution in [-0.2, 0) is 26.0 Å². The molecule has 2 amide bonds. The predicted molar refractivity (Wildman–Crippen MR) is 160 cm³/mol. The fourth-order valence-electron chi connectivity index (χ4n) is 5.44. The van der Waals surface area contributed by atoms with E-state index in [-0.39, 0.29) is 41.6 Å². The first-order valence-corrected chi connectivity index (χ1v) is 15.6. The number of aryl methyl sites for hydroxylation is 1. The summed E-state index contributed by atoms with van der Waals surface area (Å²) >= 11 is 0. The molecule has 1 aliphatic heterocycles. The second-order valence-corrected chi connectivity index (χ2v) is 12.9. The minimum absolute atomic E-state index is 0.0151. The van der Waals surface area contributed by atoms with Crippen molar-refractivity contribution in [2.24, 2.45) is 0 Å². The maximum Gasteiger partial charge on any atom is 0.247 e. The number of fused-ring (bicyclic) bond motifs is 2. The molecule has 1 fully saturated rings. The van der Waals surface area contributed by atoms with Gasteiger partial charge in [-0.25, -0.2) is 22.3 Å². The van der Waals surface area contributed by atoms with Gasteiger partial charge in [0.1, 0.15) is 24.5 Å². The van der Waals surface area contributed by atoms with Gasteiger partial charge >= 0.3 is 0 Å². The Labute approximate surface area is 251 Å². The smallest absolute Gasteiger partial charge is 0.247 e. The summed E-state index contributed by atoms with van der Waals surface area (Å²) in [4.78, 5) is 44.8. The number of hydrogen-bond acceptors (Lipinski definition) is 8. The van der Waals surface area contributed by atoms with Crippen molar-refractivity contribution >= 4 is 49.7 Å². The van der Waals surface area contributed by atoms with E-state index in [9.17, 15) is 27.2 Å². The molecule has 0 radical (unpaired) electrons. The van der Waals surface area contributed by atoms with Gasteiger partial charge in [-0.15, -0.1) is 0 Å². The van der Waals surface area contributed by atoms with Crippen LogP contribution >= 0.6 is 0 Å². The lowest BCUT2D eigenvalue weighted by atomic mass is 10.0. The van der Waals surface area contributed by atoms with Crippen LogP contribution in [0.1, 0.15) is 29.5 Å². The van der Waals surface area contributed by atoms with E-state index in [0.29, 0.717) is 16.6 Å². The first-order chi connectivity index (χ1) is 20.9. The minimum atomic E-state index is -3.51. The number of carbonyl (C=O) groups is 3. The highest BCUT2D eigenvalue weighted by atomic mass is 32.2. The summed E-state index contributed by atoms with van der Waals surface area (Å²) in [6, 6.07) is 11.8. The third kappa shape index (κ3) is 5.55. The third-order valence-corrected chi connectivity index (χ3v) is 8.65. The maximum absolute atomic E-state index is 14.6. The molecule has 6 rings (SSSR count). The van der Waals surface area contributed by atoms with Crippen molar-refractivity contribution < 1.29 is 27.2 Å². The number of nitrogens with one attached hydrogen (secondary N) is 1. The van der Waals surface area contributed by atoms with E-state index in [1.54, 1.807) is 22.8 Å². The molecule has 1 aliphatic rings. The molecule has 1 saturated heterocycles. The number of alkyl halides is 1. The Morgan fingerprint density at radius 2 is 1.86 bits per heavy atom. The number of anilines is 1. The van der Waals surface area contributed by atoms with Crippen LogP contribution in [0.5, 0.6) is 0 Å². The summed E-state index contributed by atoms with van der Waals surface area (Å²) in [7, 11) is -3.51. The van der Waals surface area contributed by atoms with Crippen molar-refractivity contribution in [2.75, 3.05) is 18.1 Å². The minimum Gasteiger partial charge on any atom is -0.326 e. The van der Waals surface area contributed by atoms with Crippen LogP contribution in [0.3, 0.4) is 0 Å². The first-order valence-electron chi connectivity index (χ1n) is 13.8. The lowest BCUT2D eigenvalue weighted by Gasteiger charge is -2.24. The molecule has 0 aliphatic carbocycles. The number of benzene rings is 2. The van der Waals surface area contributed by atoms with E-state index in [1.165, 1.54) is 35.9 Å². The van der Waals surface area contributed by atoms with Crippen LogP contribution in [0.4, 0.5) is 10.1 Å². The highest BCUT2D eigenvalue weighted by Crippen LogP contribution is 2.28. The van der Waals surface area contributed by atoms with E-state index in [4.69, 9.17) is 0 Å². The lowest BCUT2D eigenvalue weighted by Crippen LogP contribution is -2.44. The van der Waals surface area contributed by atoms with Gasteiger partial charge in [0.05, 0.1) is 22.7 Å². The summed E-state index contributed by atoms with van der Waals surface area (Å²) in [6.45, 7) is 2.64. The van der Waals surface area contributed by atoms with Gasteiger partial charge in [-0.1, -0.05) is 12.1 Å². The van der Waals surface area contributed by atoms with Crippen molar-refractivity contribution in [2.45, 2.75) is 43.9 Å². The molecule has 0 spiro atoms. The molecule has 2 aromatic carbocycles. The van der Waals surface area contributed by atoms with Crippen molar-refractivity contribution in [3.63, 3.8) is 0 Å². The van der Waals surface area contributed by atoms with Gasteiger partial charge in [-0.05, 0) is 42.8 Å². The van der Waals surface area contributed by atoms with Gasteiger partial charge in [-0.3, -0.25) is 19.1 Å². The van der Waals surface area contributed by atoms with E-state index >= 15 is 0 Å². The van der Waals surface area contributed by atoms with E-state index in [0.717, 1.165) is 28.0 Å². The molecule has 12 nitrogen and oxygen atoms in total. The average molecular weight is 618 g/mol.